The van der Waals surface area contributed by atoms with Crippen LogP contribution in [0.5, 0.6) is 0 Å². The molecular formula is C13H15NO3S. The standard InChI is InChI=1S/C13H15NO3S/c1-8(15)14-6-11(16)13(17)10-7-18-12-5-3-2-4-9(10)12/h2-5,7,11,13,16-17H,6H2,1H3,(H,14,15). The van der Waals surface area contributed by atoms with E-state index in [9.17, 15) is 15.0 Å². The summed E-state index contributed by atoms with van der Waals surface area (Å²) in [6, 6.07) is 7.71. The Bertz CT molecular complexity index is 552. The Kier molecular flexibility index (Phi) is 3.96. The van der Waals surface area contributed by atoms with Gasteiger partial charge < -0.3 is 15.5 Å². The van der Waals surface area contributed by atoms with Crippen LogP contribution < -0.4 is 5.32 Å². The van der Waals surface area contributed by atoms with Gasteiger partial charge in [-0.15, -0.1) is 11.3 Å². The molecule has 2 unspecified atom stereocenters. The molecule has 0 spiro atoms. The van der Waals surface area contributed by atoms with Crippen LogP contribution in [0.2, 0.25) is 0 Å². The Morgan fingerprint density at radius 1 is 1.39 bits per heavy atom. The molecule has 2 aromatic rings. The summed E-state index contributed by atoms with van der Waals surface area (Å²) in [6.45, 7) is 1.42. The summed E-state index contributed by atoms with van der Waals surface area (Å²) in [7, 11) is 0. The van der Waals surface area contributed by atoms with E-state index < -0.39 is 12.2 Å². The summed E-state index contributed by atoms with van der Waals surface area (Å²) < 4.78 is 1.07. The predicted octanol–water partition coefficient (Wildman–Crippen LogP) is 1.43. The van der Waals surface area contributed by atoms with E-state index in [0.29, 0.717) is 5.56 Å². The number of thiophene rings is 1. The molecule has 5 heteroatoms. The van der Waals surface area contributed by atoms with Gasteiger partial charge in [0.15, 0.2) is 0 Å². The molecule has 0 aliphatic carbocycles. The van der Waals surface area contributed by atoms with Crippen molar-refractivity contribution in [3.8, 4) is 0 Å². The quantitative estimate of drug-likeness (QED) is 0.783. The highest BCUT2D eigenvalue weighted by Gasteiger charge is 2.21. The lowest BCUT2D eigenvalue weighted by Gasteiger charge is -2.17. The van der Waals surface area contributed by atoms with Crippen LogP contribution in [0.3, 0.4) is 0 Å². The second-order valence-corrected chi connectivity index (χ2v) is 5.05. The minimum Gasteiger partial charge on any atom is -0.388 e. The highest BCUT2D eigenvalue weighted by atomic mass is 32.1. The van der Waals surface area contributed by atoms with Gasteiger partial charge in [0.1, 0.15) is 12.2 Å². The molecule has 4 nitrogen and oxygen atoms in total. The van der Waals surface area contributed by atoms with Gasteiger partial charge in [-0.2, -0.15) is 0 Å². The van der Waals surface area contributed by atoms with E-state index in [1.165, 1.54) is 18.3 Å². The van der Waals surface area contributed by atoms with Crippen molar-refractivity contribution in [3.05, 3.63) is 35.2 Å². The van der Waals surface area contributed by atoms with Gasteiger partial charge in [-0.05, 0) is 16.8 Å². The van der Waals surface area contributed by atoms with E-state index in [1.807, 2.05) is 29.6 Å². The van der Waals surface area contributed by atoms with Crippen LogP contribution in [-0.2, 0) is 4.79 Å². The number of hydrogen-bond donors (Lipinski definition) is 3. The number of hydrogen-bond acceptors (Lipinski definition) is 4. The number of aliphatic hydroxyl groups is 2. The third kappa shape index (κ3) is 2.69. The van der Waals surface area contributed by atoms with Gasteiger partial charge in [0.25, 0.3) is 0 Å². The van der Waals surface area contributed by atoms with Crippen molar-refractivity contribution in [3.63, 3.8) is 0 Å². The molecule has 0 radical (unpaired) electrons. The largest absolute Gasteiger partial charge is 0.388 e. The second-order valence-electron chi connectivity index (χ2n) is 4.14. The third-order valence-electron chi connectivity index (χ3n) is 2.75. The van der Waals surface area contributed by atoms with Crippen molar-refractivity contribution in [2.24, 2.45) is 0 Å². The van der Waals surface area contributed by atoms with Crippen molar-refractivity contribution in [1.29, 1.82) is 0 Å². The number of nitrogens with one attached hydrogen (secondary N) is 1. The Hall–Kier alpha value is -1.43. The molecule has 2 atom stereocenters. The molecule has 1 aromatic carbocycles. The topological polar surface area (TPSA) is 69.6 Å². The van der Waals surface area contributed by atoms with Crippen molar-refractivity contribution < 1.29 is 15.0 Å². The average molecular weight is 265 g/mol. The number of aliphatic hydroxyl groups excluding tert-OH is 2. The average Bonchev–Trinajstić information content (AvgIpc) is 2.78. The summed E-state index contributed by atoms with van der Waals surface area (Å²) in [5.41, 5.74) is 0.702. The van der Waals surface area contributed by atoms with Gasteiger partial charge in [-0.25, -0.2) is 0 Å². The zero-order valence-electron chi connectivity index (χ0n) is 9.96. The minimum absolute atomic E-state index is 0.0423. The molecule has 0 fully saturated rings. The number of fused-ring (bicyclic) bond motifs is 1. The van der Waals surface area contributed by atoms with Crippen molar-refractivity contribution in [1.82, 2.24) is 5.32 Å². The normalized spacial score (nSPS) is 14.4. The Morgan fingerprint density at radius 2 is 2.11 bits per heavy atom. The van der Waals surface area contributed by atoms with Crippen LogP contribution in [0.4, 0.5) is 0 Å². The highest BCUT2D eigenvalue weighted by Crippen LogP contribution is 2.31. The zero-order valence-corrected chi connectivity index (χ0v) is 10.8. The monoisotopic (exact) mass is 265 g/mol. The first-order valence-corrected chi connectivity index (χ1v) is 6.54. The van der Waals surface area contributed by atoms with Gasteiger partial charge in [-0.3, -0.25) is 4.79 Å². The Labute approximate surface area is 109 Å². The lowest BCUT2D eigenvalue weighted by atomic mass is 10.0. The molecule has 3 N–H and O–H groups in total. The highest BCUT2D eigenvalue weighted by molar-refractivity contribution is 7.17. The van der Waals surface area contributed by atoms with Gasteiger partial charge in [0, 0.05) is 23.7 Å². The molecule has 0 aliphatic rings. The summed E-state index contributed by atoms with van der Waals surface area (Å²) in [5.74, 6) is -0.226. The van der Waals surface area contributed by atoms with Gasteiger partial charge in [0.05, 0.1) is 0 Å². The molecule has 0 saturated heterocycles. The molecule has 1 amide bonds. The number of carbonyl (C=O) groups is 1. The van der Waals surface area contributed by atoms with Crippen LogP contribution in [0.1, 0.15) is 18.6 Å². The maximum atomic E-state index is 10.8. The van der Waals surface area contributed by atoms with E-state index in [1.54, 1.807) is 0 Å². The summed E-state index contributed by atoms with van der Waals surface area (Å²) in [4.78, 5) is 10.8. The smallest absolute Gasteiger partial charge is 0.216 e. The fourth-order valence-corrected chi connectivity index (χ4v) is 2.78. The molecule has 96 valence electrons. The first-order chi connectivity index (χ1) is 8.59. The van der Waals surface area contributed by atoms with Crippen LogP contribution >= 0.6 is 11.3 Å². The van der Waals surface area contributed by atoms with Gasteiger partial charge >= 0.3 is 0 Å². The Morgan fingerprint density at radius 3 is 2.83 bits per heavy atom. The maximum Gasteiger partial charge on any atom is 0.216 e. The van der Waals surface area contributed by atoms with Gasteiger partial charge in [0.2, 0.25) is 5.91 Å². The number of amides is 1. The molecule has 0 bridgehead atoms. The molecule has 1 heterocycles. The molecule has 1 aromatic heterocycles. The lowest BCUT2D eigenvalue weighted by molar-refractivity contribution is -0.119. The molecular weight excluding hydrogens is 250 g/mol. The summed E-state index contributed by atoms with van der Waals surface area (Å²) in [5, 5.41) is 25.2. The van der Waals surface area contributed by atoms with Crippen molar-refractivity contribution >= 4 is 27.3 Å². The predicted molar refractivity (Wildman–Crippen MR) is 71.5 cm³/mol. The SMILES string of the molecule is CC(=O)NCC(O)C(O)c1csc2ccccc12. The van der Waals surface area contributed by atoms with Gasteiger partial charge in [-0.1, -0.05) is 18.2 Å². The number of benzene rings is 1. The van der Waals surface area contributed by atoms with Crippen LogP contribution in [0, 0.1) is 0 Å². The van der Waals surface area contributed by atoms with Crippen LogP contribution in [0.25, 0.3) is 10.1 Å². The first kappa shape index (κ1) is 13.0. The fraction of sp³-hybridized carbons (Fsp3) is 0.308. The molecule has 0 saturated carbocycles. The number of rotatable bonds is 4. The zero-order chi connectivity index (χ0) is 13.1. The maximum absolute atomic E-state index is 10.8. The summed E-state index contributed by atoms with van der Waals surface area (Å²) in [6.07, 6.45) is -2.00. The second kappa shape index (κ2) is 5.48. The lowest BCUT2D eigenvalue weighted by Crippen LogP contribution is -2.34. The van der Waals surface area contributed by atoms with Crippen LogP contribution in [0.15, 0.2) is 29.6 Å². The number of carbonyl (C=O) groups excluding carboxylic acids is 1. The third-order valence-corrected chi connectivity index (χ3v) is 3.74. The molecule has 2 rings (SSSR count). The van der Waals surface area contributed by atoms with E-state index in [-0.39, 0.29) is 12.5 Å². The van der Waals surface area contributed by atoms with Crippen molar-refractivity contribution in [2.45, 2.75) is 19.1 Å². The van der Waals surface area contributed by atoms with E-state index in [2.05, 4.69) is 5.32 Å². The Balaban J connectivity index is 2.17. The summed E-state index contributed by atoms with van der Waals surface area (Å²) >= 11 is 1.53. The molecule has 18 heavy (non-hydrogen) atoms. The van der Waals surface area contributed by atoms with Crippen molar-refractivity contribution in [2.75, 3.05) is 6.54 Å². The van der Waals surface area contributed by atoms with E-state index >= 15 is 0 Å². The van der Waals surface area contributed by atoms with E-state index in [0.717, 1.165) is 10.1 Å². The minimum atomic E-state index is -1.01. The van der Waals surface area contributed by atoms with Crippen LogP contribution in [-0.4, -0.2) is 28.8 Å². The fourth-order valence-electron chi connectivity index (χ4n) is 1.79. The molecule has 0 aliphatic heterocycles. The first-order valence-electron chi connectivity index (χ1n) is 5.66. The van der Waals surface area contributed by atoms with E-state index in [4.69, 9.17) is 0 Å².